The van der Waals surface area contributed by atoms with Crippen molar-refractivity contribution in [2.45, 2.75) is 155 Å². The number of likely N-dealkylation sites (N-methyl/N-ethyl adjacent to an activating group) is 2. The Hall–Kier alpha value is -5.23. The highest BCUT2D eigenvalue weighted by Crippen LogP contribution is 2.50. The number of aliphatic carboxylic acids is 1. The molecule has 3 N–H and O–H groups in total. The Morgan fingerprint density at radius 3 is 2.06 bits per heavy atom. The number of amides is 7. The van der Waals surface area contributed by atoms with Crippen LogP contribution in [0.15, 0.2) is 36.4 Å². The second-order valence-electron chi connectivity index (χ2n) is 19.6. The molecule has 3 aliphatic rings. The Kier molecular flexibility index (Phi) is 20.3. The molecule has 68 heavy (non-hydrogen) atoms. The minimum absolute atomic E-state index is 0.0805. The number of carboxylic acids is 1. The van der Waals surface area contributed by atoms with Gasteiger partial charge in [0.2, 0.25) is 29.5 Å². The van der Waals surface area contributed by atoms with Crippen LogP contribution in [0.1, 0.15) is 105 Å². The van der Waals surface area contributed by atoms with Crippen LogP contribution in [-0.2, 0) is 54.3 Å². The van der Waals surface area contributed by atoms with E-state index in [0.29, 0.717) is 32.1 Å². The zero-order valence-electron chi connectivity index (χ0n) is 41.7. The summed E-state index contributed by atoms with van der Waals surface area (Å²) in [5.74, 6) is -6.07. The van der Waals surface area contributed by atoms with Crippen LogP contribution in [0.25, 0.3) is 0 Å². The molecule has 1 aromatic rings. The molecule has 0 aromatic heterocycles. The van der Waals surface area contributed by atoms with E-state index in [1.807, 2.05) is 41.5 Å². The van der Waals surface area contributed by atoms with Crippen LogP contribution in [-0.4, -0.2) is 155 Å². The minimum Gasteiger partial charge on any atom is -0.480 e. The lowest BCUT2D eigenvalue weighted by atomic mass is 9.89. The number of carbonyl (C=O) groups excluding carboxylic acids is 7. The molecule has 0 spiro atoms. The molecule has 1 saturated heterocycles. The van der Waals surface area contributed by atoms with E-state index in [1.54, 1.807) is 36.9 Å². The summed E-state index contributed by atoms with van der Waals surface area (Å²) in [6.07, 6.45) is 4.31. The smallest absolute Gasteiger partial charge is 0.326 e. The predicted octanol–water partition coefficient (Wildman–Crippen LogP) is 3.97. The molecular formula is C50H75FN6O11. The van der Waals surface area contributed by atoms with Crippen molar-refractivity contribution in [1.82, 2.24) is 30.2 Å². The third-order valence-corrected chi connectivity index (χ3v) is 14.2. The number of methoxy groups -OCH3 is 2. The second-order valence-corrected chi connectivity index (χ2v) is 19.6. The van der Waals surface area contributed by atoms with Crippen LogP contribution >= 0.6 is 0 Å². The van der Waals surface area contributed by atoms with E-state index in [2.05, 4.69) is 10.6 Å². The van der Waals surface area contributed by atoms with Crippen molar-refractivity contribution < 1.29 is 57.3 Å². The van der Waals surface area contributed by atoms with Gasteiger partial charge in [0.05, 0.1) is 36.6 Å². The van der Waals surface area contributed by atoms with Gasteiger partial charge in [-0.05, 0) is 61.0 Å². The van der Waals surface area contributed by atoms with Gasteiger partial charge in [-0.1, -0.05) is 79.5 Å². The zero-order valence-corrected chi connectivity index (χ0v) is 41.7. The highest BCUT2D eigenvalue weighted by atomic mass is 19.1. The van der Waals surface area contributed by atoms with Crippen molar-refractivity contribution in [2.24, 2.45) is 29.6 Å². The largest absolute Gasteiger partial charge is 0.480 e. The number of piperidine rings is 1. The number of carboxylic acid groups (broad SMARTS) is 1. The number of hydrogen-bond acceptors (Lipinski definition) is 10. The molecule has 7 amide bonds. The molecule has 2 aliphatic heterocycles. The number of hydrogen-bond donors (Lipinski definition) is 3. The number of carbonyl (C=O) groups is 8. The zero-order chi connectivity index (χ0) is 50.7. The summed E-state index contributed by atoms with van der Waals surface area (Å²) in [6.45, 7) is 13.1. The van der Waals surface area contributed by atoms with Crippen LogP contribution in [0.5, 0.6) is 0 Å². The summed E-state index contributed by atoms with van der Waals surface area (Å²) in [5, 5.41) is 15.5. The number of ether oxygens (including phenoxy) is 2. The maximum Gasteiger partial charge on any atom is 0.326 e. The number of nitrogens with zero attached hydrogens (tertiary/aromatic N) is 4. The van der Waals surface area contributed by atoms with Crippen LogP contribution in [0.4, 0.5) is 4.39 Å². The first kappa shape index (κ1) is 55.4. The molecule has 0 radical (unpaired) electrons. The summed E-state index contributed by atoms with van der Waals surface area (Å²) in [7, 11) is 6.16. The number of benzene rings is 1. The molecule has 2 fully saturated rings. The van der Waals surface area contributed by atoms with Gasteiger partial charge in [0.1, 0.15) is 23.9 Å². The number of halogens is 1. The van der Waals surface area contributed by atoms with Gasteiger partial charge in [0.25, 0.3) is 11.8 Å². The SMILES string of the molecule is CC[C@H](C)C(C(CC(=O)N1C2C[C@H]2C[C@H]1C(OC)[C@@H](C)C(=O)N[C@@H](Cc1ccccc1F)C(=O)O)OC)N(C)C(=O)[C@@H](NC(=O)[C@H](C(C)C)N(C)C(=O)CCCCCN1C(=O)C=CC1=O)C(C)C. The van der Waals surface area contributed by atoms with Crippen molar-refractivity contribution >= 4 is 47.3 Å². The Morgan fingerprint density at radius 2 is 1.50 bits per heavy atom. The van der Waals surface area contributed by atoms with E-state index in [1.165, 1.54) is 49.5 Å². The molecule has 18 heteroatoms. The lowest BCUT2D eigenvalue weighted by Gasteiger charge is -2.41. The monoisotopic (exact) mass is 955 g/mol. The third kappa shape index (κ3) is 13.5. The number of rotatable bonds is 27. The molecule has 1 aromatic carbocycles. The molecular weight excluding hydrogens is 880 g/mol. The maximum absolute atomic E-state index is 14.6. The number of imide groups is 1. The van der Waals surface area contributed by atoms with E-state index in [4.69, 9.17) is 9.47 Å². The van der Waals surface area contributed by atoms with Crippen LogP contribution in [0.2, 0.25) is 0 Å². The summed E-state index contributed by atoms with van der Waals surface area (Å²) in [6, 6.07) is 1.30. The molecule has 4 unspecified atom stereocenters. The maximum atomic E-state index is 14.6. The number of likely N-dealkylation sites (tertiary alicyclic amines) is 1. The highest BCUT2D eigenvalue weighted by molar-refractivity contribution is 6.12. The molecule has 2 heterocycles. The molecule has 0 bridgehead atoms. The molecule has 4 rings (SSSR count). The predicted molar refractivity (Wildman–Crippen MR) is 251 cm³/mol. The molecule has 17 nitrogen and oxygen atoms in total. The number of unbranched alkanes of at least 4 members (excludes halogenated alkanes) is 2. The second kappa shape index (κ2) is 24.9. The van der Waals surface area contributed by atoms with E-state index in [0.717, 1.165) is 11.3 Å². The first-order valence-corrected chi connectivity index (χ1v) is 24.1. The summed E-state index contributed by atoms with van der Waals surface area (Å²) >= 11 is 0. The Labute approximate surface area is 400 Å². The van der Waals surface area contributed by atoms with Gasteiger partial charge in [0.15, 0.2) is 0 Å². The summed E-state index contributed by atoms with van der Waals surface area (Å²) < 4.78 is 26.4. The normalized spacial score (nSPS) is 21.1. The fraction of sp³-hybridized carbons (Fsp3) is 0.680. The van der Waals surface area contributed by atoms with Gasteiger partial charge in [0, 0.05) is 65.9 Å². The highest BCUT2D eigenvalue weighted by Gasteiger charge is 2.57. The van der Waals surface area contributed by atoms with E-state index >= 15 is 0 Å². The van der Waals surface area contributed by atoms with Crippen molar-refractivity contribution in [3.63, 3.8) is 0 Å². The topological polar surface area (TPSA) is 212 Å². The Bertz CT molecular complexity index is 2000. The van der Waals surface area contributed by atoms with Gasteiger partial charge in [-0.25, -0.2) is 9.18 Å². The third-order valence-electron chi connectivity index (χ3n) is 14.2. The summed E-state index contributed by atoms with van der Waals surface area (Å²) in [5.41, 5.74) is 0.147. The number of fused-ring (bicyclic) bond motifs is 1. The summed E-state index contributed by atoms with van der Waals surface area (Å²) in [4.78, 5) is 112. The minimum atomic E-state index is -1.40. The van der Waals surface area contributed by atoms with E-state index < -0.39 is 71.9 Å². The van der Waals surface area contributed by atoms with Crippen LogP contribution in [0.3, 0.4) is 0 Å². The van der Waals surface area contributed by atoms with Crippen molar-refractivity contribution in [3.05, 3.63) is 47.8 Å². The Morgan fingerprint density at radius 1 is 0.853 bits per heavy atom. The van der Waals surface area contributed by atoms with Crippen molar-refractivity contribution in [1.29, 1.82) is 0 Å². The first-order chi connectivity index (χ1) is 32.1. The molecule has 11 atom stereocenters. The van der Waals surface area contributed by atoms with E-state index in [9.17, 15) is 47.9 Å². The average molecular weight is 955 g/mol. The lowest BCUT2D eigenvalue weighted by Crippen LogP contribution is -2.60. The quantitative estimate of drug-likeness (QED) is 0.0849. The number of nitrogens with one attached hydrogen (secondary N) is 2. The standard InChI is InChI=1S/C50H75FN6O11/c1-12-30(6)45(55(9)49(64)43(28(2)3)53-48(63)44(29(4)5)54(8)39(58)20-14-13-17-23-56-40(59)21-22-41(56)60)38(67-10)27-42(61)57-36-25-33(36)26-37(57)46(68-11)31(7)47(62)52-35(50(65)66)24-32-18-15-16-19-34(32)51/h15-16,18-19,21-22,28-31,33,35-38,43-46H,12-14,17,20,23-27H2,1-11H3,(H,52,62)(H,53,63)(H,65,66)/t30-,31+,33-,35-,36?,37-,38?,43-,44-,45?,46?/m0/s1. The van der Waals surface area contributed by atoms with Crippen LogP contribution in [0, 0.1) is 35.4 Å². The average Bonchev–Trinajstić information content (AvgIpc) is 3.84. The van der Waals surface area contributed by atoms with Gasteiger partial charge >= 0.3 is 5.97 Å². The molecule has 378 valence electrons. The van der Waals surface area contributed by atoms with Gasteiger partial charge < -0.3 is 39.9 Å². The van der Waals surface area contributed by atoms with Gasteiger partial charge in [-0.3, -0.25) is 38.5 Å². The Balaban J connectivity index is 1.44. The van der Waals surface area contributed by atoms with Gasteiger partial charge in [-0.2, -0.15) is 0 Å². The van der Waals surface area contributed by atoms with Crippen molar-refractivity contribution in [2.75, 3.05) is 34.9 Å². The lowest BCUT2D eigenvalue weighted by molar-refractivity contribution is -0.149. The fourth-order valence-electron chi connectivity index (χ4n) is 10.00. The van der Waals surface area contributed by atoms with Crippen LogP contribution < -0.4 is 10.6 Å². The van der Waals surface area contributed by atoms with Crippen molar-refractivity contribution in [3.8, 4) is 0 Å². The fourth-order valence-corrected chi connectivity index (χ4v) is 10.00. The molecule has 1 aliphatic carbocycles. The van der Waals surface area contributed by atoms with E-state index in [-0.39, 0.29) is 90.6 Å². The first-order valence-electron chi connectivity index (χ1n) is 24.1. The van der Waals surface area contributed by atoms with Gasteiger partial charge in [-0.15, -0.1) is 0 Å². The molecule has 1 saturated carbocycles.